The molecule has 0 saturated heterocycles. The Morgan fingerprint density at radius 1 is 1.04 bits per heavy atom. The van der Waals surface area contributed by atoms with E-state index in [0.717, 1.165) is 17.7 Å². The SMILES string of the molecule is CCCCc1ccc(NC(=S)Nc2ncn(Cc3ccc(Cl)c(Cl)c3)n2)cc1. The van der Waals surface area contributed by atoms with Crippen molar-refractivity contribution in [1.29, 1.82) is 0 Å². The van der Waals surface area contributed by atoms with Gasteiger partial charge in [-0.05, 0) is 60.5 Å². The maximum atomic E-state index is 6.05. The number of aromatic nitrogens is 3. The average molecular weight is 434 g/mol. The fraction of sp³-hybridized carbons (Fsp3) is 0.250. The Bertz CT molecular complexity index is 940. The van der Waals surface area contributed by atoms with E-state index >= 15 is 0 Å². The molecule has 0 unspecified atom stereocenters. The lowest BCUT2D eigenvalue weighted by atomic mass is 10.1. The van der Waals surface area contributed by atoms with Crippen LogP contribution in [0.15, 0.2) is 48.8 Å². The zero-order valence-corrected chi connectivity index (χ0v) is 17.8. The molecule has 0 bridgehead atoms. The summed E-state index contributed by atoms with van der Waals surface area (Å²) < 4.78 is 1.70. The fourth-order valence-electron chi connectivity index (χ4n) is 2.65. The lowest BCUT2D eigenvalue weighted by Gasteiger charge is -2.09. The van der Waals surface area contributed by atoms with Gasteiger partial charge in [-0.2, -0.15) is 0 Å². The van der Waals surface area contributed by atoms with E-state index in [9.17, 15) is 0 Å². The van der Waals surface area contributed by atoms with Gasteiger partial charge in [-0.3, -0.25) is 5.32 Å². The second-order valence-electron chi connectivity index (χ2n) is 6.39. The van der Waals surface area contributed by atoms with Gasteiger partial charge in [-0.15, -0.1) is 5.10 Å². The molecule has 28 heavy (non-hydrogen) atoms. The van der Waals surface area contributed by atoms with Crippen molar-refractivity contribution in [1.82, 2.24) is 14.8 Å². The second kappa shape index (κ2) is 9.87. The lowest BCUT2D eigenvalue weighted by Crippen LogP contribution is -2.20. The zero-order chi connectivity index (χ0) is 19.9. The summed E-state index contributed by atoms with van der Waals surface area (Å²) in [5.41, 5.74) is 3.23. The molecule has 0 fully saturated rings. The van der Waals surface area contributed by atoms with Gasteiger partial charge in [0.05, 0.1) is 16.6 Å². The molecule has 0 aliphatic heterocycles. The molecule has 3 aromatic rings. The van der Waals surface area contributed by atoms with Crippen molar-refractivity contribution < 1.29 is 0 Å². The summed E-state index contributed by atoms with van der Waals surface area (Å²) in [7, 11) is 0. The molecular weight excluding hydrogens is 413 g/mol. The third-order valence-electron chi connectivity index (χ3n) is 4.12. The molecule has 146 valence electrons. The summed E-state index contributed by atoms with van der Waals surface area (Å²) in [6.45, 7) is 2.73. The first kappa shape index (κ1) is 20.6. The van der Waals surface area contributed by atoms with Gasteiger partial charge in [0, 0.05) is 5.69 Å². The number of hydrogen-bond acceptors (Lipinski definition) is 3. The normalized spacial score (nSPS) is 10.7. The molecule has 2 aromatic carbocycles. The van der Waals surface area contributed by atoms with Crippen LogP contribution in [0.3, 0.4) is 0 Å². The Hall–Kier alpha value is -2.15. The minimum atomic E-state index is 0.428. The first-order chi connectivity index (χ1) is 13.5. The number of unbranched alkanes of at least 4 members (excludes halogenated alkanes) is 1. The molecular formula is C20H21Cl2N5S. The number of anilines is 2. The first-order valence-corrected chi connectivity index (χ1v) is 10.2. The van der Waals surface area contributed by atoms with Crippen molar-refractivity contribution >= 4 is 52.2 Å². The molecule has 0 saturated carbocycles. The minimum absolute atomic E-state index is 0.428. The van der Waals surface area contributed by atoms with Gasteiger partial charge in [0.25, 0.3) is 0 Å². The highest BCUT2D eigenvalue weighted by Gasteiger charge is 2.06. The molecule has 0 aliphatic rings. The summed E-state index contributed by atoms with van der Waals surface area (Å²) in [5, 5.41) is 12.0. The monoisotopic (exact) mass is 433 g/mol. The van der Waals surface area contributed by atoms with Gasteiger partial charge in [-0.1, -0.05) is 54.7 Å². The minimum Gasteiger partial charge on any atom is -0.332 e. The number of aryl methyl sites for hydroxylation is 1. The van der Waals surface area contributed by atoms with Gasteiger partial charge >= 0.3 is 0 Å². The van der Waals surface area contributed by atoms with Crippen LogP contribution in [0.1, 0.15) is 30.9 Å². The van der Waals surface area contributed by atoms with Crippen molar-refractivity contribution in [3.8, 4) is 0 Å². The number of nitrogens with zero attached hydrogens (tertiary/aromatic N) is 3. The molecule has 0 amide bonds. The number of benzene rings is 2. The van der Waals surface area contributed by atoms with E-state index in [2.05, 4.69) is 39.8 Å². The Morgan fingerprint density at radius 2 is 1.79 bits per heavy atom. The first-order valence-electron chi connectivity index (χ1n) is 9.04. The second-order valence-corrected chi connectivity index (χ2v) is 7.62. The molecule has 1 heterocycles. The highest BCUT2D eigenvalue weighted by atomic mass is 35.5. The Kier molecular flexibility index (Phi) is 7.25. The fourth-order valence-corrected chi connectivity index (χ4v) is 3.18. The summed E-state index contributed by atoms with van der Waals surface area (Å²) >= 11 is 17.3. The third-order valence-corrected chi connectivity index (χ3v) is 5.06. The predicted molar refractivity (Wildman–Crippen MR) is 120 cm³/mol. The van der Waals surface area contributed by atoms with Crippen LogP contribution in [-0.4, -0.2) is 19.9 Å². The maximum Gasteiger partial charge on any atom is 0.248 e. The summed E-state index contributed by atoms with van der Waals surface area (Å²) in [6, 6.07) is 13.8. The lowest BCUT2D eigenvalue weighted by molar-refractivity contribution is 0.687. The van der Waals surface area contributed by atoms with E-state index in [-0.39, 0.29) is 0 Å². The standard InChI is InChI=1S/C20H21Cl2N5S/c1-2-3-4-14-5-8-16(9-6-14)24-20(28)25-19-23-13-27(26-19)12-15-7-10-17(21)18(22)11-15/h5-11,13H,2-4,12H2,1H3,(H2,24,25,26,28). The number of nitrogens with one attached hydrogen (secondary N) is 2. The number of hydrogen-bond donors (Lipinski definition) is 2. The van der Waals surface area contributed by atoms with Gasteiger partial charge in [0.2, 0.25) is 5.95 Å². The number of halogens is 2. The van der Waals surface area contributed by atoms with E-state index in [0.29, 0.717) is 27.7 Å². The van der Waals surface area contributed by atoms with Gasteiger partial charge < -0.3 is 5.32 Å². The van der Waals surface area contributed by atoms with Crippen molar-refractivity contribution in [2.75, 3.05) is 10.6 Å². The van der Waals surface area contributed by atoms with E-state index in [1.165, 1.54) is 18.4 Å². The largest absolute Gasteiger partial charge is 0.332 e. The van der Waals surface area contributed by atoms with Crippen molar-refractivity contribution in [2.24, 2.45) is 0 Å². The highest BCUT2D eigenvalue weighted by Crippen LogP contribution is 2.23. The summed E-state index contributed by atoms with van der Waals surface area (Å²) in [6.07, 6.45) is 5.12. The van der Waals surface area contributed by atoms with Crippen LogP contribution in [0.4, 0.5) is 11.6 Å². The van der Waals surface area contributed by atoms with E-state index < -0.39 is 0 Å². The van der Waals surface area contributed by atoms with Crippen molar-refractivity contribution in [2.45, 2.75) is 32.7 Å². The average Bonchev–Trinajstić information content (AvgIpc) is 3.10. The van der Waals surface area contributed by atoms with Crippen LogP contribution in [0.2, 0.25) is 10.0 Å². The predicted octanol–water partition coefficient (Wildman–Crippen LogP) is 5.78. The number of rotatable bonds is 7. The molecule has 5 nitrogen and oxygen atoms in total. The van der Waals surface area contributed by atoms with E-state index in [1.54, 1.807) is 17.1 Å². The molecule has 0 aliphatic carbocycles. The van der Waals surface area contributed by atoms with Gasteiger partial charge in [0.15, 0.2) is 5.11 Å². The van der Waals surface area contributed by atoms with Gasteiger partial charge in [0.1, 0.15) is 6.33 Å². The molecule has 8 heteroatoms. The Morgan fingerprint density at radius 3 is 2.50 bits per heavy atom. The smallest absolute Gasteiger partial charge is 0.248 e. The summed E-state index contributed by atoms with van der Waals surface area (Å²) in [4.78, 5) is 4.24. The quantitative estimate of drug-likeness (QED) is 0.462. The molecule has 2 N–H and O–H groups in total. The Labute approximate surface area is 180 Å². The van der Waals surface area contributed by atoms with Crippen LogP contribution in [0.25, 0.3) is 0 Å². The third kappa shape index (κ3) is 5.92. The highest BCUT2D eigenvalue weighted by molar-refractivity contribution is 7.80. The van der Waals surface area contributed by atoms with Crippen LogP contribution in [0, 0.1) is 0 Å². The molecule has 1 aromatic heterocycles. The van der Waals surface area contributed by atoms with E-state index in [4.69, 9.17) is 35.4 Å². The molecule has 3 rings (SSSR count). The molecule has 0 spiro atoms. The Balaban J connectivity index is 1.54. The number of thiocarbonyl (C=S) groups is 1. The van der Waals surface area contributed by atoms with E-state index in [1.807, 2.05) is 24.3 Å². The van der Waals surface area contributed by atoms with Crippen LogP contribution >= 0.6 is 35.4 Å². The summed E-state index contributed by atoms with van der Waals surface area (Å²) in [5.74, 6) is 0.428. The zero-order valence-electron chi connectivity index (χ0n) is 15.5. The molecule has 0 atom stereocenters. The van der Waals surface area contributed by atoms with Crippen molar-refractivity contribution in [3.05, 3.63) is 70.0 Å². The van der Waals surface area contributed by atoms with Crippen LogP contribution < -0.4 is 10.6 Å². The van der Waals surface area contributed by atoms with Gasteiger partial charge in [-0.25, -0.2) is 9.67 Å². The molecule has 0 radical (unpaired) electrons. The maximum absolute atomic E-state index is 6.05. The topological polar surface area (TPSA) is 54.8 Å². The van der Waals surface area contributed by atoms with Crippen LogP contribution in [-0.2, 0) is 13.0 Å². The van der Waals surface area contributed by atoms with Crippen molar-refractivity contribution in [3.63, 3.8) is 0 Å². The van der Waals surface area contributed by atoms with Crippen LogP contribution in [0.5, 0.6) is 0 Å².